The maximum atomic E-state index is 12.9. The molecule has 0 fully saturated rings. The second-order valence-electron chi connectivity index (χ2n) is 6.07. The standard InChI is InChI=1S/C21H20ClNO2S/c1-15-8-9-19(11-16(15)2)25-14-21(24)23(13-20-7-4-10-26-20)18-6-3-5-17(22)12-18/h3-12H,13-14H2,1-2H3. The van der Waals surface area contributed by atoms with Crippen LogP contribution in [0.4, 0.5) is 5.69 Å². The molecule has 1 amide bonds. The zero-order valence-electron chi connectivity index (χ0n) is 14.7. The molecule has 2 aromatic carbocycles. The van der Waals surface area contributed by atoms with Crippen molar-refractivity contribution in [3.05, 3.63) is 81.0 Å². The number of aryl methyl sites for hydroxylation is 2. The maximum Gasteiger partial charge on any atom is 0.265 e. The van der Waals surface area contributed by atoms with Gasteiger partial charge in [-0.1, -0.05) is 29.8 Å². The number of halogens is 1. The number of thiophene rings is 1. The second kappa shape index (κ2) is 8.39. The maximum absolute atomic E-state index is 12.9. The van der Waals surface area contributed by atoms with E-state index in [1.165, 1.54) is 5.56 Å². The molecule has 134 valence electrons. The minimum Gasteiger partial charge on any atom is -0.484 e. The van der Waals surface area contributed by atoms with Gasteiger partial charge in [0.1, 0.15) is 5.75 Å². The number of hydrogen-bond donors (Lipinski definition) is 0. The highest BCUT2D eigenvalue weighted by atomic mass is 35.5. The van der Waals surface area contributed by atoms with Crippen molar-refractivity contribution >= 4 is 34.5 Å². The third-order valence-corrected chi connectivity index (χ3v) is 5.25. The number of anilines is 1. The number of ether oxygens (including phenoxy) is 1. The van der Waals surface area contributed by atoms with Gasteiger partial charge in [0.05, 0.1) is 6.54 Å². The van der Waals surface area contributed by atoms with E-state index in [1.54, 1.807) is 28.4 Å². The topological polar surface area (TPSA) is 29.5 Å². The van der Waals surface area contributed by atoms with Crippen LogP contribution in [0, 0.1) is 13.8 Å². The molecule has 5 heteroatoms. The minimum absolute atomic E-state index is 0.0274. The summed E-state index contributed by atoms with van der Waals surface area (Å²) >= 11 is 7.73. The molecular formula is C21H20ClNO2S. The van der Waals surface area contributed by atoms with Crippen molar-refractivity contribution in [2.24, 2.45) is 0 Å². The number of rotatable bonds is 6. The molecular weight excluding hydrogens is 366 g/mol. The zero-order valence-corrected chi connectivity index (χ0v) is 16.3. The molecule has 0 spiro atoms. The van der Waals surface area contributed by atoms with Crippen LogP contribution >= 0.6 is 22.9 Å². The van der Waals surface area contributed by atoms with Crippen molar-refractivity contribution in [1.29, 1.82) is 0 Å². The molecule has 1 heterocycles. The third-order valence-electron chi connectivity index (χ3n) is 4.16. The Morgan fingerprint density at radius 3 is 2.62 bits per heavy atom. The van der Waals surface area contributed by atoms with E-state index in [1.807, 2.05) is 61.7 Å². The predicted octanol–water partition coefficient (Wildman–Crippen LogP) is 5.63. The number of carbonyl (C=O) groups is 1. The largest absolute Gasteiger partial charge is 0.484 e. The van der Waals surface area contributed by atoms with E-state index in [4.69, 9.17) is 16.3 Å². The van der Waals surface area contributed by atoms with Gasteiger partial charge in [0, 0.05) is 15.6 Å². The van der Waals surface area contributed by atoms with Gasteiger partial charge in [0.25, 0.3) is 5.91 Å². The molecule has 0 aliphatic carbocycles. The first-order chi connectivity index (χ1) is 12.5. The highest BCUT2D eigenvalue weighted by Gasteiger charge is 2.18. The van der Waals surface area contributed by atoms with Gasteiger partial charge in [-0.25, -0.2) is 0 Å². The van der Waals surface area contributed by atoms with E-state index in [2.05, 4.69) is 0 Å². The van der Waals surface area contributed by atoms with Crippen molar-refractivity contribution in [2.75, 3.05) is 11.5 Å². The Labute approximate surface area is 162 Å². The summed E-state index contributed by atoms with van der Waals surface area (Å²) in [7, 11) is 0. The quantitative estimate of drug-likeness (QED) is 0.550. The molecule has 1 aromatic heterocycles. The lowest BCUT2D eigenvalue weighted by atomic mass is 10.1. The van der Waals surface area contributed by atoms with Gasteiger partial charge in [0.15, 0.2) is 6.61 Å². The second-order valence-corrected chi connectivity index (χ2v) is 7.54. The smallest absolute Gasteiger partial charge is 0.265 e. The molecule has 3 rings (SSSR count). The SMILES string of the molecule is Cc1ccc(OCC(=O)N(Cc2cccs2)c2cccc(Cl)c2)cc1C. The lowest BCUT2D eigenvalue weighted by Gasteiger charge is -2.23. The summed E-state index contributed by atoms with van der Waals surface area (Å²) < 4.78 is 5.73. The monoisotopic (exact) mass is 385 g/mol. The Kier molecular flexibility index (Phi) is 5.96. The molecule has 3 aromatic rings. The van der Waals surface area contributed by atoms with E-state index in [0.29, 0.717) is 17.3 Å². The Hall–Kier alpha value is -2.30. The number of carbonyl (C=O) groups excluding carboxylic acids is 1. The fourth-order valence-corrected chi connectivity index (χ4v) is 3.43. The minimum atomic E-state index is -0.112. The van der Waals surface area contributed by atoms with Crippen LogP contribution in [0.25, 0.3) is 0 Å². The molecule has 0 bridgehead atoms. The van der Waals surface area contributed by atoms with E-state index >= 15 is 0 Å². The van der Waals surface area contributed by atoms with Gasteiger partial charge in [-0.2, -0.15) is 0 Å². The van der Waals surface area contributed by atoms with Crippen molar-refractivity contribution in [3.63, 3.8) is 0 Å². The van der Waals surface area contributed by atoms with Crippen LogP contribution in [0.15, 0.2) is 60.0 Å². The molecule has 0 radical (unpaired) electrons. The fraction of sp³-hybridized carbons (Fsp3) is 0.190. The Morgan fingerprint density at radius 2 is 1.92 bits per heavy atom. The average Bonchev–Trinajstić information content (AvgIpc) is 3.13. The molecule has 26 heavy (non-hydrogen) atoms. The van der Waals surface area contributed by atoms with Crippen molar-refractivity contribution in [1.82, 2.24) is 0 Å². The summed E-state index contributed by atoms with van der Waals surface area (Å²) in [5.41, 5.74) is 3.10. The first-order valence-electron chi connectivity index (χ1n) is 8.31. The molecule has 0 atom stereocenters. The molecule has 0 saturated heterocycles. The summed E-state index contributed by atoms with van der Waals surface area (Å²) in [6.45, 7) is 4.54. The van der Waals surface area contributed by atoms with E-state index in [-0.39, 0.29) is 12.5 Å². The van der Waals surface area contributed by atoms with Crippen LogP contribution in [0.3, 0.4) is 0 Å². The third kappa shape index (κ3) is 4.65. The molecule has 0 unspecified atom stereocenters. The van der Waals surface area contributed by atoms with Gasteiger partial charge in [-0.05, 0) is 66.8 Å². The van der Waals surface area contributed by atoms with E-state index in [0.717, 1.165) is 16.1 Å². The van der Waals surface area contributed by atoms with Gasteiger partial charge in [-0.3, -0.25) is 4.79 Å². The van der Waals surface area contributed by atoms with Gasteiger partial charge >= 0.3 is 0 Å². The summed E-state index contributed by atoms with van der Waals surface area (Å²) in [5, 5.41) is 2.60. The van der Waals surface area contributed by atoms with Crippen LogP contribution in [-0.4, -0.2) is 12.5 Å². The zero-order chi connectivity index (χ0) is 18.5. The average molecular weight is 386 g/mol. The van der Waals surface area contributed by atoms with Crippen molar-refractivity contribution < 1.29 is 9.53 Å². The van der Waals surface area contributed by atoms with Gasteiger partial charge < -0.3 is 9.64 Å². The molecule has 0 saturated carbocycles. The number of hydrogen-bond acceptors (Lipinski definition) is 3. The molecule has 3 nitrogen and oxygen atoms in total. The van der Waals surface area contributed by atoms with Crippen LogP contribution in [0.5, 0.6) is 5.75 Å². The number of nitrogens with zero attached hydrogens (tertiary/aromatic N) is 1. The molecule has 0 aliphatic rings. The van der Waals surface area contributed by atoms with Gasteiger partial charge in [-0.15, -0.1) is 11.3 Å². The Balaban J connectivity index is 1.76. The number of benzene rings is 2. The molecule has 0 N–H and O–H groups in total. The lowest BCUT2D eigenvalue weighted by molar-refractivity contribution is -0.120. The first kappa shape index (κ1) is 18.5. The lowest BCUT2D eigenvalue weighted by Crippen LogP contribution is -2.34. The first-order valence-corrected chi connectivity index (χ1v) is 9.57. The van der Waals surface area contributed by atoms with Crippen molar-refractivity contribution in [3.8, 4) is 5.75 Å². The summed E-state index contributed by atoms with van der Waals surface area (Å²) in [4.78, 5) is 15.7. The number of amides is 1. The summed E-state index contributed by atoms with van der Waals surface area (Å²) in [6.07, 6.45) is 0. The van der Waals surface area contributed by atoms with Crippen LogP contribution in [0.1, 0.15) is 16.0 Å². The highest BCUT2D eigenvalue weighted by molar-refractivity contribution is 7.09. The fourth-order valence-electron chi connectivity index (χ4n) is 2.55. The Bertz CT molecular complexity index is 893. The van der Waals surface area contributed by atoms with E-state index in [9.17, 15) is 4.79 Å². The predicted molar refractivity (Wildman–Crippen MR) is 108 cm³/mol. The normalized spacial score (nSPS) is 10.6. The van der Waals surface area contributed by atoms with Gasteiger partial charge in [0.2, 0.25) is 0 Å². The summed E-state index contributed by atoms with van der Waals surface area (Å²) in [6, 6.07) is 17.1. The van der Waals surface area contributed by atoms with E-state index < -0.39 is 0 Å². The summed E-state index contributed by atoms with van der Waals surface area (Å²) in [5.74, 6) is 0.586. The molecule has 0 aliphatic heterocycles. The van der Waals surface area contributed by atoms with Crippen LogP contribution in [0.2, 0.25) is 5.02 Å². The van der Waals surface area contributed by atoms with Crippen LogP contribution in [-0.2, 0) is 11.3 Å². The Morgan fingerprint density at radius 1 is 1.08 bits per heavy atom. The highest BCUT2D eigenvalue weighted by Crippen LogP contribution is 2.24. The van der Waals surface area contributed by atoms with Crippen molar-refractivity contribution in [2.45, 2.75) is 20.4 Å². The van der Waals surface area contributed by atoms with Crippen LogP contribution < -0.4 is 9.64 Å².